The minimum absolute atomic E-state index is 0.0421. The highest BCUT2D eigenvalue weighted by Gasteiger charge is 2.42. The highest BCUT2D eigenvalue weighted by Crippen LogP contribution is 2.26. The lowest BCUT2D eigenvalue weighted by Gasteiger charge is -2.21. The Kier molecular flexibility index (Phi) is 3.62. The third-order valence-corrected chi connectivity index (χ3v) is 5.08. The molecule has 0 bridgehead atoms. The lowest BCUT2D eigenvalue weighted by atomic mass is 10.2. The summed E-state index contributed by atoms with van der Waals surface area (Å²) in [7, 11) is -3.81. The van der Waals surface area contributed by atoms with E-state index in [1.54, 1.807) is 12.1 Å². The van der Waals surface area contributed by atoms with Crippen molar-refractivity contribution in [3.63, 3.8) is 0 Å². The summed E-state index contributed by atoms with van der Waals surface area (Å²) in [5.41, 5.74) is 6.13. The molecule has 2 atom stereocenters. The van der Waals surface area contributed by atoms with Crippen molar-refractivity contribution in [3.8, 4) is 0 Å². The molecule has 0 saturated carbocycles. The summed E-state index contributed by atoms with van der Waals surface area (Å²) < 4.78 is 25.8. The van der Waals surface area contributed by atoms with Gasteiger partial charge in [-0.15, -0.1) is 0 Å². The third-order valence-electron chi connectivity index (χ3n) is 3.19. The summed E-state index contributed by atoms with van der Waals surface area (Å²) in [6, 6.07) is 5.33. The van der Waals surface area contributed by atoms with Crippen molar-refractivity contribution in [1.82, 2.24) is 4.31 Å². The van der Waals surface area contributed by atoms with Crippen LogP contribution in [0.3, 0.4) is 0 Å². The number of hydrogen-bond donors (Lipinski definition) is 2. The molecule has 0 aromatic heterocycles. The first-order valence-electron chi connectivity index (χ1n) is 5.88. The molecule has 1 aliphatic rings. The van der Waals surface area contributed by atoms with E-state index in [0.717, 1.165) is 9.87 Å². The maximum atomic E-state index is 12.4. The smallest absolute Gasteiger partial charge is 0.243 e. The Morgan fingerprint density at radius 1 is 1.37 bits per heavy atom. The highest BCUT2D eigenvalue weighted by molar-refractivity contribution is 7.89. The molecule has 1 aliphatic heterocycles. The van der Waals surface area contributed by atoms with Crippen LogP contribution in [0.25, 0.3) is 0 Å². The summed E-state index contributed by atoms with van der Waals surface area (Å²) in [6.45, 7) is 1.74. The summed E-state index contributed by atoms with van der Waals surface area (Å²) in [5, 5.41) is 9.56. The van der Waals surface area contributed by atoms with Crippen LogP contribution in [0.2, 0.25) is 0 Å². The minimum atomic E-state index is -3.81. The number of nitrogens with zero attached hydrogens (tertiary/aromatic N) is 1. The van der Waals surface area contributed by atoms with Crippen LogP contribution >= 0.6 is 0 Å². The second kappa shape index (κ2) is 4.92. The monoisotopic (exact) mass is 284 g/mol. The molecular weight excluding hydrogens is 268 g/mol. The van der Waals surface area contributed by atoms with Crippen LogP contribution in [-0.2, 0) is 14.8 Å². The van der Waals surface area contributed by atoms with Crippen molar-refractivity contribution in [3.05, 3.63) is 29.8 Å². The largest absolute Gasteiger partial charge is 0.392 e. The van der Waals surface area contributed by atoms with Gasteiger partial charge < -0.3 is 10.8 Å². The van der Waals surface area contributed by atoms with Gasteiger partial charge >= 0.3 is 0 Å². The molecule has 0 aliphatic carbocycles. The van der Waals surface area contributed by atoms with E-state index in [9.17, 15) is 18.3 Å². The molecule has 104 valence electrons. The molecule has 1 saturated heterocycles. The molecule has 1 fully saturated rings. The first-order chi connectivity index (χ1) is 8.82. The van der Waals surface area contributed by atoms with Crippen LogP contribution in [0.5, 0.6) is 0 Å². The number of benzene rings is 1. The zero-order valence-electron chi connectivity index (χ0n) is 10.5. The molecule has 3 N–H and O–H groups in total. The van der Waals surface area contributed by atoms with Gasteiger partial charge in [-0.25, -0.2) is 8.42 Å². The van der Waals surface area contributed by atoms with Crippen molar-refractivity contribution in [2.24, 2.45) is 5.73 Å². The van der Waals surface area contributed by atoms with Gasteiger partial charge in [-0.1, -0.05) is 17.7 Å². The Hall–Kier alpha value is -1.44. The van der Waals surface area contributed by atoms with Crippen LogP contribution < -0.4 is 5.73 Å². The minimum Gasteiger partial charge on any atom is -0.392 e. The fraction of sp³-hybridized carbons (Fsp3) is 0.417. The Morgan fingerprint density at radius 3 is 2.47 bits per heavy atom. The molecular formula is C12H16N2O4S. The average Bonchev–Trinajstić information content (AvgIpc) is 2.73. The van der Waals surface area contributed by atoms with E-state index >= 15 is 0 Å². The van der Waals surface area contributed by atoms with Gasteiger partial charge in [0.2, 0.25) is 15.9 Å². The molecule has 7 heteroatoms. The maximum Gasteiger partial charge on any atom is 0.243 e. The van der Waals surface area contributed by atoms with Crippen molar-refractivity contribution >= 4 is 15.9 Å². The van der Waals surface area contributed by atoms with Gasteiger partial charge in [-0.05, 0) is 19.1 Å². The summed E-state index contributed by atoms with van der Waals surface area (Å²) in [5.74, 6) is -0.743. The number of aliphatic hydroxyl groups is 1. The number of hydrogen-bond acceptors (Lipinski definition) is 4. The summed E-state index contributed by atoms with van der Waals surface area (Å²) in [6.07, 6.45) is -0.821. The van der Waals surface area contributed by atoms with Crippen LogP contribution in [0.4, 0.5) is 0 Å². The highest BCUT2D eigenvalue weighted by atomic mass is 32.2. The van der Waals surface area contributed by atoms with Gasteiger partial charge in [0.1, 0.15) is 6.04 Å². The van der Waals surface area contributed by atoms with Crippen LogP contribution in [0, 0.1) is 6.92 Å². The number of nitrogens with two attached hydrogens (primary N) is 1. The molecule has 0 radical (unpaired) electrons. The summed E-state index contributed by atoms with van der Waals surface area (Å²) in [4.78, 5) is 11.4. The molecule has 0 spiro atoms. The van der Waals surface area contributed by atoms with E-state index in [2.05, 4.69) is 0 Å². The molecule has 1 amide bonds. The van der Waals surface area contributed by atoms with E-state index in [1.807, 2.05) is 6.92 Å². The van der Waals surface area contributed by atoms with Gasteiger partial charge in [-0.2, -0.15) is 4.31 Å². The number of β-amino-alcohol motifs (C(OH)–C–C–N with tert-alkyl or cyclic N) is 1. The Balaban J connectivity index is 2.38. The van der Waals surface area contributed by atoms with Gasteiger partial charge in [0, 0.05) is 13.0 Å². The normalized spacial score (nSPS) is 24.5. The molecule has 1 aromatic rings. The van der Waals surface area contributed by atoms with Gasteiger partial charge in [0.15, 0.2) is 0 Å². The first-order valence-corrected chi connectivity index (χ1v) is 7.32. The molecule has 6 nitrogen and oxygen atoms in total. The first kappa shape index (κ1) is 14.0. The Bertz CT molecular complexity index is 582. The number of primary amides is 1. The standard InChI is InChI=1S/C12H16N2O4S/c1-8-2-4-10(5-3-8)19(17,18)14-7-9(15)6-11(14)12(13)16/h2-5,9,11,15H,6-7H2,1H3,(H2,13,16)/t9-,11+/m1/s1. The fourth-order valence-corrected chi connectivity index (χ4v) is 3.80. The predicted molar refractivity (Wildman–Crippen MR) is 68.7 cm³/mol. The number of carbonyl (C=O) groups is 1. The number of aliphatic hydroxyl groups excluding tert-OH is 1. The van der Waals surface area contributed by atoms with E-state index in [0.29, 0.717) is 0 Å². The van der Waals surface area contributed by atoms with E-state index in [-0.39, 0.29) is 17.9 Å². The van der Waals surface area contributed by atoms with Gasteiger partial charge in [0.25, 0.3) is 0 Å². The summed E-state index contributed by atoms with van der Waals surface area (Å²) >= 11 is 0. The van der Waals surface area contributed by atoms with E-state index < -0.39 is 28.1 Å². The molecule has 19 heavy (non-hydrogen) atoms. The lowest BCUT2D eigenvalue weighted by molar-refractivity contribution is -0.121. The quantitative estimate of drug-likeness (QED) is 0.789. The van der Waals surface area contributed by atoms with Crippen LogP contribution in [0.1, 0.15) is 12.0 Å². The number of rotatable bonds is 3. The number of aryl methyl sites for hydroxylation is 1. The third kappa shape index (κ3) is 2.63. The molecule has 0 unspecified atom stereocenters. The zero-order chi connectivity index (χ0) is 14.2. The molecule has 1 heterocycles. The molecule has 1 aromatic carbocycles. The predicted octanol–water partition coefficient (Wildman–Crippen LogP) is -0.396. The van der Waals surface area contributed by atoms with E-state index in [4.69, 9.17) is 5.73 Å². The van der Waals surface area contributed by atoms with Crippen LogP contribution in [-0.4, -0.2) is 42.4 Å². The van der Waals surface area contributed by atoms with E-state index in [1.165, 1.54) is 12.1 Å². The number of sulfonamides is 1. The number of carbonyl (C=O) groups excluding carboxylic acids is 1. The SMILES string of the molecule is Cc1ccc(S(=O)(=O)N2C[C@H](O)C[C@H]2C(N)=O)cc1. The fourth-order valence-electron chi connectivity index (χ4n) is 2.15. The van der Waals surface area contributed by atoms with Crippen molar-refractivity contribution in [1.29, 1.82) is 0 Å². The molecule has 2 rings (SSSR count). The second-order valence-electron chi connectivity index (χ2n) is 4.70. The average molecular weight is 284 g/mol. The van der Waals surface area contributed by atoms with Gasteiger partial charge in [0.05, 0.1) is 11.0 Å². The topological polar surface area (TPSA) is 101 Å². The zero-order valence-corrected chi connectivity index (χ0v) is 11.3. The van der Waals surface area contributed by atoms with Crippen molar-refractivity contribution in [2.45, 2.75) is 30.4 Å². The Labute approximate surface area is 111 Å². The Morgan fingerprint density at radius 2 is 1.95 bits per heavy atom. The van der Waals surface area contributed by atoms with Gasteiger partial charge in [-0.3, -0.25) is 4.79 Å². The van der Waals surface area contributed by atoms with Crippen molar-refractivity contribution < 1.29 is 18.3 Å². The second-order valence-corrected chi connectivity index (χ2v) is 6.59. The maximum absolute atomic E-state index is 12.4. The van der Waals surface area contributed by atoms with Crippen LogP contribution in [0.15, 0.2) is 29.2 Å². The lowest BCUT2D eigenvalue weighted by Crippen LogP contribution is -2.43. The van der Waals surface area contributed by atoms with Crippen molar-refractivity contribution in [2.75, 3.05) is 6.54 Å². The number of amides is 1.